The van der Waals surface area contributed by atoms with Crippen LogP contribution in [0.2, 0.25) is 0 Å². The fourth-order valence-corrected chi connectivity index (χ4v) is 4.04. The fourth-order valence-electron chi connectivity index (χ4n) is 4.04. The van der Waals surface area contributed by atoms with Crippen molar-refractivity contribution in [2.45, 2.75) is 25.4 Å². The number of hydrogen-bond donors (Lipinski definition) is 0. The van der Waals surface area contributed by atoms with Gasteiger partial charge in [0.15, 0.2) is 0 Å². The van der Waals surface area contributed by atoms with E-state index in [1.165, 1.54) is 38.2 Å². The van der Waals surface area contributed by atoms with E-state index in [0.717, 1.165) is 6.42 Å². The van der Waals surface area contributed by atoms with Crippen molar-refractivity contribution >= 4 is 21.5 Å². The molecule has 0 aliphatic carbocycles. The second kappa shape index (κ2) is 6.06. The normalized spacial score (nSPS) is 19.4. The number of nitrogens with zero attached hydrogens (tertiary/aromatic N) is 2. The molecule has 0 amide bonds. The Bertz CT molecular complexity index is 1070. The first-order valence-electron chi connectivity index (χ1n) is 9.16. The highest BCUT2D eigenvalue weighted by atomic mass is 15.2. The molecule has 2 nitrogen and oxygen atoms in total. The molecule has 0 saturated heterocycles. The highest BCUT2D eigenvalue weighted by molar-refractivity contribution is 6.02. The Labute approximate surface area is 153 Å². The molecule has 0 fully saturated rings. The van der Waals surface area contributed by atoms with Gasteiger partial charge in [0.25, 0.3) is 0 Å². The molecule has 0 spiro atoms. The Hall–Kier alpha value is -3.00. The van der Waals surface area contributed by atoms with Crippen molar-refractivity contribution in [1.29, 1.82) is 0 Å². The van der Waals surface area contributed by atoms with Crippen LogP contribution in [-0.2, 0) is 0 Å². The molecular formula is C24H20N2. The van der Waals surface area contributed by atoms with E-state index in [1.807, 2.05) is 0 Å². The first-order chi connectivity index (χ1) is 12.8. The maximum absolute atomic E-state index is 4.71. The standard InChI is InChI=1S/C24H20N2/c1-16-10-12-17(13-11-16)22-15-23(26-25-22)24-20-8-4-2-6-18(20)14-19-7-3-5-9-21(19)24/h2-14,22-23H,15H2,1H3/t22-,23?/m0/s1. The van der Waals surface area contributed by atoms with Crippen LogP contribution in [0, 0.1) is 6.92 Å². The highest BCUT2D eigenvalue weighted by Crippen LogP contribution is 2.43. The molecule has 4 aromatic rings. The quantitative estimate of drug-likeness (QED) is 0.354. The van der Waals surface area contributed by atoms with Crippen molar-refractivity contribution in [2.24, 2.45) is 10.2 Å². The van der Waals surface area contributed by atoms with Gasteiger partial charge < -0.3 is 0 Å². The Morgan fingerprint density at radius 1 is 0.692 bits per heavy atom. The van der Waals surface area contributed by atoms with Crippen LogP contribution in [0.3, 0.4) is 0 Å². The minimum Gasteiger partial charge on any atom is -0.185 e. The number of azo groups is 1. The van der Waals surface area contributed by atoms with Gasteiger partial charge in [-0.3, -0.25) is 0 Å². The molecule has 4 aromatic carbocycles. The van der Waals surface area contributed by atoms with Gasteiger partial charge in [-0.05, 0) is 45.7 Å². The molecule has 26 heavy (non-hydrogen) atoms. The molecule has 5 rings (SSSR count). The minimum atomic E-state index is 0.109. The van der Waals surface area contributed by atoms with Gasteiger partial charge in [0, 0.05) is 6.42 Å². The van der Waals surface area contributed by atoms with Crippen LogP contribution in [0.4, 0.5) is 0 Å². The summed E-state index contributed by atoms with van der Waals surface area (Å²) < 4.78 is 0. The van der Waals surface area contributed by atoms with Gasteiger partial charge in [0.1, 0.15) is 0 Å². The van der Waals surface area contributed by atoms with Gasteiger partial charge in [0.05, 0.1) is 12.1 Å². The summed E-state index contributed by atoms with van der Waals surface area (Å²) in [6, 6.07) is 28.5. The summed E-state index contributed by atoms with van der Waals surface area (Å²) in [5, 5.41) is 14.5. The van der Waals surface area contributed by atoms with E-state index in [-0.39, 0.29) is 12.1 Å². The van der Waals surface area contributed by atoms with Crippen LogP contribution >= 0.6 is 0 Å². The van der Waals surface area contributed by atoms with Gasteiger partial charge in [-0.1, -0.05) is 78.4 Å². The summed E-state index contributed by atoms with van der Waals surface area (Å²) in [6.45, 7) is 2.12. The van der Waals surface area contributed by atoms with E-state index in [2.05, 4.69) is 90.9 Å². The zero-order chi connectivity index (χ0) is 17.5. The van der Waals surface area contributed by atoms with Crippen LogP contribution < -0.4 is 0 Å². The van der Waals surface area contributed by atoms with Gasteiger partial charge in [-0.15, -0.1) is 0 Å². The predicted octanol–water partition coefficient (Wildman–Crippen LogP) is 6.94. The minimum absolute atomic E-state index is 0.109. The lowest BCUT2D eigenvalue weighted by Crippen LogP contribution is -1.99. The van der Waals surface area contributed by atoms with Crippen molar-refractivity contribution in [1.82, 2.24) is 0 Å². The molecular weight excluding hydrogens is 316 g/mol. The number of fused-ring (bicyclic) bond motifs is 2. The van der Waals surface area contributed by atoms with Crippen molar-refractivity contribution in [2.75, 3.05) is 0 Å². The molecule has 0 aromatic heterocycles. The van der Waals surface area contributed by atoms with E-state index < -0.39 is 0 Å². The first kappa shape index (κ1) is 15.3. The number of aryl methyl sites for hydroxylation is 1. The average molecular weight is 336 g/mol. The third-order valence-electron chi connectivity index (χ3n) is 5.40. The Morgan fingerprint density at radius 3 is 1.92 bits per heavy atom. The second-order valence-corrected chi connectivity index (χ2v) is 7.14. The maximum Gasteiger partial charge on any atom is 0.0994 e. The summed E-state index contributed by atoms with van der Waals surface area (Å²) in [4.78, 5) is 0. The topological polar surface area (TPSA) is 24.7 Å². The zero-order valence-corrected chi connectivity index (χ0v) is 14.8. The van der Waals surface area contributed by atoms with E-state index in [4.69, 9.17) is 5.11 Å². The third kappa shape index (κ3) is 2.50. The molecule has 0 N–H and O–H groups in total. The monoisotopic (exact) mass is 336 g/mol. The lowest BCUT2D eigenvalue weighted by Gasteiger charge is -2.15. The number of hydrogen-bond acceptors (Lipinski definition) is 2. The SMILES string of the molecule is Cc1ccc([C@@H]2CC(c3c4ccccc4cc4ccccc34)N=N2)cc1. The molecule has 0 bridgehead atoms. The molecule has 2 heteroatoms. The van der Waals surface area contributed by atoms with Crippen LogP contribution in [0.25, 0.3) is 21.5 Å². The van der Waals surface area contributed by atoms with E-state index >= 15 is 0 Å². The number of benzene rings is 4. The molecule has 1 aliphatic rings. The average Bonchev–Trinajstić information content (AvgIpc) is 3.16. The lowest BCUT2D eigenvalue weighted by molar-refractivity contribution is 0.665. The first-order valence-corrected chi connectivity index (χ1v) is 9.16. The largest absolute Gasteiger partial charge is 0.185 e. The van der Waals surface area contributed by atoms with Crippen LogP contribution in [0.5, 0.6) is 0 Å². The van der Waals surface area contributed by atoms with E-state index in [0.29, 0.717) is 0 Å². The molecule has 0 saturated carbocycles. The van der Waals surface area contributed by atoms with Crippen molar-refractivity contribution in [3.8, 4) is 0 Å². The van der Waals surface area contributed by atoms with Crippen LogP contribution in [0.15, 0.2) is 89.1 Å². The molecule has 0 radical (unpaired) electrons. The smallest absolute Gasteiger partial charge is 0.0994 e. The van der Waals surface area contributed by atoms with Crippen LogP contribution in [0.1, 0.15) is 35.2 Å². The molecule has 2 atom stereocenters. The lowest BCUT2D eigenvalue weighted by atomic mass is 9.89. The van der Waals surface area contributed by atoms with E-state index in [1.54, 1.807) is 0 Å². The van der Waals surface area contributed by atoms with Gasteiger partial charge in [-0.25, -0.2) is 0 Å². The van der Waals surface area contributed by atoms with Crippen molar-refractivity contribution in [3.63, 3.8) is 0 Å². The van der Waals surface area contributed by atoms with Crippen molar-refractivity contribution in [3.05, 3.63) is 95.6 Å². The van der Waals surface area contributed by atoms with Crippen molar-refractivity contribution < 1.29 is 0 Å². The van der Waals surface area contributed by atoms with E-state index in [9.17, 15) is 0 Å². The van der Waals surface area contributed by atoms with Gasteiger partial charge in [0.2, 0.25) is 0 Å². The number of rotatable bonds is 2. The summed E-state index contributed by atoms with van der Waals surface area (Å²) in [5.41, 5.74) is 3.85. The van der Waals surface area contributed by atoms with Gasteiger partial charge in [-0.2, -0.15) is 10.2 Å². The molecule has 1 aliphatic heterocycles. The Morgan fingerprint density at radius 2 is 1.27 bits per heavy atom. The second-order valence-electron chi connectivity index (χ2n) is 7.14. The summed E-state index contributed by atoms with van der Waals surface area (Å²) in [7, 11) is 0. The summed E-state index contributed by atoms with van der Waals surface area (Å²) in [6.07, 6.45) is 0.932. The zero-order valence-electron chi connectivity index (χ0n) is 14.8. The Balaban J connectivity index is 1.62. The third-order valence-corrected chi connectivity index (χ3v) is 5.40. The fraction of sp³-hybridized carbons (Fsp3) is 0.167. The maximum atomic E-state index is 4.71. The highest BCUT2D eigenvalue weighted by Gasteiger charge is 2.27. The Kier molecular flexibility index (Phi) is 3.56. The van der Waals surface area contributed by atoms with Gasteiger partial charge >= 0.3 is 0 Å². The summed E-state index contributed by atoms with van der Waals surface area (Å²) >= 11 is 0. The molecule has 1 heterocycles. The summed E-state index contributed by atoms with van der Waals surface area (Å²) in [5.74, 6) is 0. The molecule has 1 unspecified atom stereocenters. The predicted molar refractivity (Wildman–Crippen MR) is 108 cm³/mol. The molecule has 126 valence electrons. The van der Waals surface area contributed by atoms with Crippen LogP contribution in [-0.4, -0.2) is 0 Å².